The number of aromatic nitrogens is 2. The van der Waals surface area contributed by atoms with Crippen molar-refractivity contribution >= 4 is 21.8 Å². The summed E-state index contributed by atoms with van der Waals surface area (Å²) in [5.74, 6) is -1.03. The number of nitrogens with two attached hydrogens (primary N) is 1. The zero-order valence-electron chi connectivity index (χ0n) is 17.3. The van der Waals surface area contributed by atoms with E-state index in [1.54, 1.807) is 28.6 Å². The lowest BCUT2D eigenvalue weighted by Gasteiger charge is -2.37. The number of hydrogen-bond donors (Lipinski definition) is 2. The van der Waals surface area contributed by atoms with Crippen molar-refractivity contribution in [3.8, 4) is 11.3 Å². The van der Waals surface area contributed by atoms with Crippen LogP contribution in [0.4, 0.5) is 9.18 Å². The molecule has 0 bridgehead atoms. The summed E-state index contributed by atoms with van der Waals surface area (Å²) in [6, 6.07) is 3.96. The number of carbonyl (C=O) groups excluding carboxylic acids is 2. The van der Waals surface area contributed by atoms with Crippen molar-refractivity contribution in [2.24, 2.45) is 5.73 Å². The number of rotatable bonds is 4. The first-order chi connectivity index (χ1) is 14.5. The Balaban J connectivity index is 1.53. The number of fused-ring (bicyclic) bond motifs is 1. The first-order valence-corrected chi connectivity index (χ1v) is 11.9. The lowest BCUT2D eigenvalue weighted by Crippen LogP contribution is -2.54. The summed E-state index contributed by atoms with van der Waals surface area (Å²) < 4.78 is 38.4. The van der Waals surface area contributed by atoms with Gasteiger partial charge in [0.15, 0.2) is 0 Å². The average molecular weight is 450 g/mol. The highest BCUT2D eigenvalue weighted by Crippen LogP contribution is 2.30. The molecule has 166 valence electrons. The second-order valence-corrected chi connectivity index (χ2v) is 10.5. The minimum atomic E-state index is -3.10. The predicted octanol–water partition coefficient (Wildman–Crippen LogP) is 1.20. The van der Waals surface area contributed by atoms with E-state index in [9.17, 15) is 22.4 Å². The molecule has 0 spiro atoms. The summed E-state index contributed by atoms with van der Waals surface area (Å²) in [7, 11) is -3.10. The van der Waals surface area contributed by atoms with Crippen LogP contribution >= 0.6 is 0 Å². The van der Waals surface area contributed by atoms with Crippen molar-refractivity contribution in [3.05, 3.63) is 40.8 Å². The predicted molar refractivity (Wildman–Crippen MR) is 111 cm³/mol. The van der Waals surface area contributed by atoms with Gasteiger partial charge in [0.2, 0.25) is 0 Å². The van der Waals surface area contributed by atoms with Crippen molar-refractivity contribution in [1.82, 2.24) is 20.0 Å². The topological polar surface area (TPSA) is 127 Å². The largest absolute Gasteiger partial charge is 0.365 e. The molecular formula is C20H24FN5O4S. The molecule has 1 saturated carbocycles. The molecule has 0 radical (unpaired) electrons. The molecule has 0 atom stereocenters. The fourth-order valence-electron chi connectivity index (χ4n) is 4.04. The van der Waals surface area contributed by atoms with Gasteiger partial charge in [-0.15, -0.1) is 0 Å². The van der Waals surface area contributed by atoms with Gasteiger partial charge in [0.05, 0.1) is 29.6 Å². The number of benzene rings is 1. The Morgan fingerprint density at radius 2 is 1.97 bits per heavy atom. The van der Waals surface area contributed by atoms with Crippen molar-refractivity contribution in [2.75, 3.05) is 12.8 Å². The van der Waals surface area contributed by atoms with Crippen LogP contribution in [0, 0.1) is 12.7 Å². The molecule has 2 aliphatic rings. The summed E-state index contributed by atoms with van der Waals surface area (Å²) in [5, 5.41) is 6.94. The monoisotopic (exact) mass is 449 g/mol. The van der Waals surface area contributed by atoms with Crippen LogP contribution in [0.5, 0.6) is 0 Å². The summed E-state index contributed by atoms with van der Waals surface area (Å²) in [5.41, 5.74) is 7.73. The third kappa shape index (κ3) is 4.01. The van der Waals surface area contributed by atoms with Gasteiger partial charge in [0.25, 0.3) is 5.91 Å². The molecule has 1 aliphatic heterocycles. The van der Waals surface area contributed by atoms with Gasteiger partial charge in [-0.25, -0.2) is 17.6 Å². The van der Waals surface area contributed by atoms with E-state index < -0.39 is 21.0 Å². The number of nitrogens with zero attached hydrogens (tertiary/aromatic N) is 3. The Morgan fingerprint density at radius 1 is 1.26 bits per heavy atom. The standard InChI is InChI=1S/C20H24FN5O4S/c1-11-7-12(3-4-15(11)21)18-17(19(22)27)16-10-25(5-6-26(16)24-18)20(28)23-13-8-14(9-13)31(2,29)30/h3-4,7,13-14H,5-6,8-10H2,1-2H3,(H2,22,27)(H,23,28)/t13-,14+. The molecule has 31 heavy (non-hydrogen) atoms. The maximum absolute atomic E-state index is 13.7. The quantitative estimate of drug-likeness (QED) is 0.725. The minimum Gasteiger partial charge on any atom is -0.365 e. The molecule has 0 unspecified atom stereocenters. The Hall–Kier alpha value is -2.95. The van der Waals surface area contributed by atoms with Gasteiger partial charge in [0, 0.05) is 24.4 Å². The van der Waals surface area contributed by atoms with Crippen LogP contribution in [-0.2, 0) is 22.9 Å². The number of halogens is 1. The van der Waals surface area contributed by atoms with Gasteiger partial charge >= 0.3 is 6.03 Å². The second kappa shape index (κ2) is 7.63. The van der Waals surface area contributed by atoms with E-state index in [1.165, 1.54) is 12.3 Å². The van der Waals surface area contributed by atoms with E-state index in [0.29, 0.717) is 48.4 Å². The molecule has 0 saturated heterocycles. The van der Waals surface area contributed by atoms with E-state index in [-0.39, 0.29) is 30.0 Å². The fraction of sp³-hybridized carbons (Fsp3) is 0.450. The SMILES string of the molecule is Cc1cc(-c2nn3c(c2C(N)=O)CN(C(=O)N[C@H]2C[C@@H](S(C)(=O)=O)C2)CC3)ccc1F. The Bertz CT molecular complexity index is 1170. The maximum Gasteiger partial charge on any atom is 0.318 e. The fourth-order valence-corrected chi connectivity index (χ4v) is 5.21. The Morgan fingerprint density at radius 3 is 2.58 bits per heavy atom. The third-order valence-electron chi connectivity index (χ3n) is 5.97. The second-order valence-electron chi connectivity index (χ2n) is 8.21. The molecule has 2 aromatic rings. The van der Waals surface area contributed by atoms with Crippen LogP contribution in [-0.4, -0.2) is 59.1 Å². The maximum atomic E-state index is 13.7. The lowest BCUT2D eigenvalue weighted by molar-refractivity contribution is 0.0997. The summed E-state index contributed by atoms with van der Waals surface area (Å²) in [6.45, 7) is 2.52. The number of aryl methyl sites for hydroxylation is 1. The minimum absolute atomic E-state index is 0.138. The summed E-state index contributed by atoms with van der Waals surface area (Å²) >= 11 is 0. The highest BCUT2D eigenvalue weighted by atomic mass is 32.2. The van der Waals surface area contributed by atoms with Crippen LogP contribution in [0.2, 0.25) is 0 Å². The normalized spacial score (nSPS) is 20.7. The molecule has 11 heteroatoms. The molecule has 1 aromatic heterocycles. The number of carbonyl (C=O) groups is 2. The number of hydrogen-bond acceptors (Lipinski definition) is 5. The molecule has 1 aromatic carbocycles. The van der Waals surface area contributed by atoms with Crippen LogP contribution in [0.3, 0.4) is 0 Å². The van der Waals surface area contributed by atoms with Crippen molar-refractivity contribution < 1.29 is 22.4 Å². The van der Waals surface area contributed by atoms with Gasteiger partial charge in [-0.05, 0) is 43.5 Å². The van der Waals surface area contributed by atoms with Crippen molar-refractivity contribution in [2.45, 2.75) is 44.1 Å². The van der Waals surface area contributed by atoms with Crippen LogP contribution < -0.4 is 11.1 Å². The summed E-state index contributed by atoms with van der Waals surface area (Å²) in [6.07, 6.45) is 2.00. The first-order valence-electron chi connectivity index (χ1n) is 9.95. The number of amides is 3. The van der Waals surface area contributed by atoms with Gasteiger partial charge < -0.3 is 16.0 Å². The molecule has 4 rings (SSSR count). The Labute approximate surface area is 179 Å². The highest BCUT2D eigenvalue weighted by molar-refractivity contribution is 7.91. The van der Waals surface area contributed by atoms with Gasteiger partial charge in [-0.2, -0.15) is 5.10 Å². The third-order valence-corrected chi connectivity index (χ3v) is 7.57. The van der Waals surface area contributed by atoms with Crippen LogP contribution in [0.1, 0.15) is 34.5 Å². The zero-order valence-corrected chi connectivity index (χ0v) is 18.1. The molecule has 3 N–H and O–H groups in total. The number of urea groups is 1. The van der Waals surface area contributed by atoms with Crippen LogP contribution in [0.25, 0.3) is 11.3 Å². The molecule has 3 amide bonds. The van der Waals surface area contributed by atoms with E-state index >= 15 is 0 Å². The van der Waals surface area contributed by atoms with Gasteiger partial charge in [-0.3, -0.25) is 9.48 Å². The number of primary amides is 1. The molecule has 1 fully saturated rings. The van der Waals surface area contributed by atoms with Gasteiger partial charge in [-0.1, -0.05) is 0 Å². The first kappa shape index (κ1) is 21.3. The van der Waals surface area contributed by atoms with Crippen LogP contribution in [0.15, 0.2) is 18.2 Å². The number of sulfone groups is 1. The highest BCUT2D eigenvalue weighted by Gasteiger charge is 2.38. The lowest BCUT2D eigenvalue weighted by atomic mass is 9.92. The van der Waals surface area contributed by atoms with E-state index in [0.717, 1.165) is 0 Å². The van der Waals surface area contributed by atoms with Crippen molar-refractivity contribution in [3.63, 3.8) is 0 Å². The molecular weight excluding hydrogens is 425 g/mol. The van der Waals surface area contributed by atoms with Crippen molar-refractivity contribution in [1.29, 1.82) is 0 Å². The molecule has 1 aliphatic carbocycles. The summed E-state index contributed by atoms with van der Waals surface area (Å²) in [4.78, 5) is 26.5. The smallest absolute Gasteiger partial charge is 0.318 e. The van der Waals surface area contributed by atoms with E-state index in [2.05, 4.69) is 10.4 Å². The molecule has 2 heterocycles. The Kier molecular flexibility index (Phi) is 5.24. The average Bonchev–Trinajstić information content (AvgIpc) is 3.04. The number of nitrogens with one attached hydrogen (secondary N) is 1. The zero-order chi connectivity index (χ0) is 22.5. The van der Waals surface area contributed by atoms with Gasteiger partial charge in [0.1, 0.15) is 21.3 Å². The van der Waals surface area contributed by atoms with E-state index in [4.69, 9.17) is 5.73 Å². The van der Waals surface area contributed by atoms with E-state index in [1.807, 2.05) is 0 Å². The molecule has 9 nitrogen and oxygen atoms in total.